The van der Waals surface area contributed by atoms with Gasteiger partial charge in [-0.15, -0.1) is 0 Å². The predicted octanol–water partition coefficient (Wildman–Crippen LogP) is 3.00. The van der Waals surface area contributed by atoms with Crippen LogP contribution in [0.15, 0.2) is 47.3 Å². The Kier molecular flexibility index (Phi) is 4.46. The summed E-state index contributed by atoms with van der Waals surface area (Å²) in [6, 6.07) is 13.7. The van der Waals surface area contributed by atoms with Crippen molar-refractivity contribution in [1.82, 2.24) is 19.7 Å². The minimum Gasteiger partial charge on any atom is -0.363 e. The number of nitrogens with one attached hydrogen (secondary N) is 2. The monoisotopic (exact) mass is 323 g/mol. The third-order valence-electron chi connectivity index (χ3n) is 3.84. The predicted molar refractivity (Wildman–Crippen MR) is 94.6 cm³/mol. The molecule has 0 saturated heterocycles. The summed E-state index contributed by atoms with van der Waals surface area (Å²) in [4.78, 5) is 19.1. The van der Waals surface area contributed by atoms with Crippen molar-refractivity contribution in [1.29, 1.82) is 0 Å². The van der Waals surface area contributed by atoms with E-state index in [1.54, 1.807) is 4.68 Å². The number of hydrogen-bond acceptors (Lipinski definition) is 4. The lowest BCUT2D eigenvalue weighted by atomic mass is 10.1. The van der Waals surface area contributed by atoms with E-state index in [1.807, 2.05) is 38.1 Å². The Morgan fingerprint density at radius 1 is 1.25 bits per heavy atom. The van der Waals surface area contributed by atoms with Crippen LogP contribution in [0, 0.1) is 6.92 Å². The summed E-state index contributed by atoms with van der Waals surface area (Å²) in [7, 11) is 0. The first-order valence-electron chi connectivity index (χ1n) is 8.05. The van der Waals surface area contributed by atoms with Crippen LogP contribution < -0.4 is 10.9 Å². The third kappa shape index (κ3) is 3.37. The van der Waals surface area contributed by atoms with Crippen molar-refractivity contribution in [3.63, 3.8) is 0 Å². The molecule has 0 bridgehead atoms. The summed E-state index contributed by atoms with van der Waals surface area (Å²) in [5, 5.41) is 7.91. The molecule has 3 aromatic rings. The number of benzene rings is 1. The molecule has 0 radical (unpaired) electrons. The molecule has 0 fully saturated rings. The highest BCUT2D eigenvalue weighted by atomic mass is 16.1. The van der Waals surface area contributed by atoms with Crippen LogP contribution in [-0.4, -0.2) is 19.7 Å². The topological polar surface area (TPSA) is 75.6 Å². The third-order valence-corrected chi connectivity index (χ3v) is 3.84. The zero-order valence-corrected chi connectivity index (χ0v) is 14.1. The van der Waals surface area contributed by atoms with Gasteiger partial charge >= 0.3 is 0 Å². The SMILES string of the molecule is CCc1cc(=O)[nH]c(-n2nc(C)cc2N[C@@H](C)c2ccccc2)n1. The van der Waals surface area contributed by atoms with Crippen molar-refractivity contribution in [3.05, 3.63) is 69.8 Å². The largest absolute Gasteiger partial charge is 0.363 e. The van der Waals surface area contributed by atoms with Gasteiger partial charge in [-0.25, -0.2) is 4.98 Å². The van der Waals surface area contributed by atoms with Crippen molar-refractivity contribution >= 4 is 5.82 Å². The number of nitrogens with zero attached hydrogens (tertiary/aromatic N) is 3. The molecule has 1 aromatic carbocycles. The molecule has 6 heteroatoms. The fraction of sp³-hybridized carbons (Fsp3) is 0.278. The van der Waals surface area contributed by atoms with Gasteiger partial charge < -0.3 is 5.32 Å². The lowest BCUT2D eigenvalue weighted by Crippen LogP contribution is -2.17. The van der Waals surface area contributed by atoms with Gasteiger partial charge in [-0.2, -0.15) is 9.78 Å². The van der Waals surface area contributed by atoms with Gasteiger partial charge in [-0.1, -0.05) is 37.3 Å². The number of hydrogen-bond donors (Lipinski definition) is 2. The lowest BCUT2D eigenvalue weighted by Gasteiger charge is -2.16. The Morgan fingerprint density at radius 2 is 2.00 bits per heavy atom. The number of H-pyrrole nitrogens is 1. The second kappa shape index (κ2) is 6.70. The van der Waals surface area contributed by atoms with Crippen molar-refractivity contribution in [3.8, 4) is 5.95 Å². The van der Waals surface area contributed by atoms with Crippen LogP contribution in [0.5, 0.6) is 0 Å². The Bertz CT molecular complexity index is 882. The molecular formula is C18H21N5O. The zero-order chi connectivity index (χ0) is 17.1. The van der Waals surface area contributed by atoms with Crippen LogP contribution in [0.25, 0.3) is 5.95 Å². The second-order valence-electron chi connectivity index (χ2n) is 5.77. The Morgan fingerprint density at radius 3 is 2.71 bits per heavy atom. The average molecular weight is 323 g/mol. The highest BCUT2D eigenvalue weighted by Gasteiger charge is 2.13. The fourth-order valence-corrected chi connectivity index (χ4v) is 2.59. The van der Waals surface area contributed by atoms with E-state index in [1.165, 1.54) is 11.6 Å². The summed E-state index contributed by atoms with van der Waals surface area (Å²) < 4.78 is 1.65. The van der Waals surface area contributed by atoms with E-state index >= 15 is 0 Å². The van der Waals surface area contributed by atoms with Gasteiger partial charge in [0.1, 0.15) is 5.82 Å². The van der Waals surface area contributed by atoms with Crippen LogP contribution in [0.2, 0.25) is 0 Å². The molecule has 0 unspecified atom stereocenters. The maximum absolute atomic E-state index is 11.8. The van der Waals surface area contributed by atoms with Gasteiger partial charge in [0.05, 0.1) is 5.69 Å². The normalized spacial score (nSPS) is 12.1. The highest BCUT2D eigenvalue weighted by molar-refractivity contribution is 5.44. The van der Waals surface area contributed by atoms with E-state index in [0.29, 0.717) is 12.4 Å². The number of rotatable bonds is 5. The molecule has 2 N–H and O–H groups in total. The molecule has 0 spiro atoms. The smallest absolute Gasteiger partial charge is 0.252 e. The first-order chi connectivity index (χ1) is 11.6. The summed E-state index contributed by atoms with van der Waals surface area (Å²) in [6.45, 7) is 5.97. The van der Waals surface area contributed by atoms with Crippen LogP contribution in [0.3, 0.4) is 0 Å². The van der Waals surface area contributed by atoms with E-state index in [0.717, 1.165) is 17.2 Å². The molecule has 0 saturated carbocycles. The number of aromatic nitrogens is 4. The van der Waals surface area contributed by atoms with Crippen LogP contribution in [0.4, 0.5) is 5.82 Å². The first kappa shape index (κ1) is 16.0. The summed E-state index contributed by atoms with van der Waals surface area (Å²) in [5.41, 5.74) is 2.59. The average Bonchev–Trinajstić information content (AvgIpc) is 2.95. The van der Waals surface area contributed by atoms with Crippen molar-refractivity contribution < 1.29 is 0 Å². The zero-order valence-electron chi connectivity index (χ0n) is 14.1. The minimum absolute atomic E-state index is 0.0992. The first-order valence-corrected chi connectivity index (χ1v) is 8.05. The Labute approximate surface area is 140 Å². The molecule has 24 heavy (non-hydrogen) atoms. The molecule has 0 aliphatic heterocycles. The molecule has 6 nitrogen and oxygen atoms in total. The molecule has 3 rings (SSSR count). The summed E-state index contributed by atoms with van der Waals surface area (Å²) in [5.74, 6) is 1.22. The van der Waals surface area contributed by atoms with E-state index in [-0.39, 0.29) is 11.6 Å². The quantitative estimate of drug-likeness (QED) is 0.757. The van der Waals surface area contributed by atoms with Crippen LogP contribution in [-0.2, 0) is 6.42 Å². The summed E-state index contributed by atoms with van der Waals surface area (Å²) in [6.07, 6.45) is 0.695. The second-order valence-corrected chi connectivity index (χ2v) is 5.77. The maximum atomic E-state index is 11.8. The van der Waals surface area contributed by atoms with E-state index in [9.17, 15) is 4.79 Å². The molecule has 0 amide bonds. The number of anilines is 1. The molecule has 1 atom stereocenters. The van der Waals surface area contributed by atoms with Gasteiger partial charge in [-0.3, -0.25) is 9.78 Å². The molecule has 0 aliphatic rings. The van der Waals surface area contributed by atoms with E-state index < -0.39 is 0 Å². The van der Waals surface area contributed by atoms with E-state index in [2.05, 4.69) is 39.4 Å². The highest BCUT2D eigenvalue weighted by Crippen LogP contribution is 2.21. The van der Waals surface area contributed by atoms with Gasteiger partial charge in [0.2, 0.25) is 5.95 Å². The molecule has 0 aliphatic carbocycles. The van der Waals surface area contributed by atoms with Gasteiger partial charge in [0.15, 0.2) is 0 Å². The van der Waals surface area contributed by atoms with Crippen molar-refractivity contribution in [2.75, 3.05) is 5.32 Å². The number of aryl methyl sites for hydroxylation is 2. The maximum Gasteiger partial charge on any atom is 0.252 e. The minimum atomic E-state index is -0.174. The van der Waals surface area contributed by atoms with Crippen molar-refractivity contribution in [2.45, 2.75) is 33.2 Å². The molecule has 2 aromatic heterocycles. The van der Waals surface area contributed by atoms with E-state index in [4.69, 9.17) is 0 Å². The Hall–Kier alpha value is -2.89. The standard InChI is InChI=1S/C18H21N5O/c1-4-15-11-17(24)21-18(20-15)23-16(10-12(2)22-23)19-13(3)14-8-6-5-7-9-14/h5-11,13,19H,4H2,1-3H3,(H,20,21,24)/t13-/m0/s1. The lowest BCUT2D eigenvalue weighted by molar-refractivity contribution is 0.763. The number of aromatic amines is 1. The molecule has 2 heterocycles. The summed E-state index contributed by atoms with van der Waals surface area (Å²) >= 11 is 0. The van der Waals surface area contributed by atoms with Gasteiger partial charge in [-0.05, 0) is 25.8 Å². The van der Waals surface area contributed by atoms with Crippen molar-refractivity contribution in [2.24, 2.45) is 0 Å². The molecule has 124 valence electrons. The van der Waals surface area contributed by atoms with Crippen LogP contribution in [0.1, 0.15) is 36.8 Å². The molecular weight excluding hydrogens is 302 g/mol. The van der Waals surface area contributed by atoms with Crippen LogP contribution >= 0.6 is 0 Å². The van der Waals surface area contributed by atoms with Gasteiger partial charge in [0.25, 0.3) is 5.56 Å². The van der Waals surface area contributed by atoms with Gasteiger partial charge in [0, 0.05) is 23.9 Å². The fourth-order valence-electron chi connectivity index (χ4n) is 2.59. The Balaban J connectivity index is 1.97.